The summed E-state index contributed by atoms with van der Waals surface area (Å²) in [6.45, 7) is 0.165. The fourth-order valence-electron chi connectivity index (χ4n) is 2.46. The molecule has 142 valence electrons. The summed E-state index contributed by atoms with van der Waals surface area (Å²) in [5, 5.41) is 31.2. The molecule has 0 bridgehead atoms. The van der Waals surface area contributed by atoms with Crippen LogP contribution < -0.4 is 5.32 Å². The summed E-state index contributed by atoms with van der Waals surface area (Å²) in [6, 6.07) is 12.1. The van der Waals surface area contributed by atoms with Crippen molar-refractivity contribution in [3.63, 3.8) is 0 Å². The van der Waals surface area contributed by atoms with Gasteiger partial charge in [-0.2, -0.15) is 5.10 Å². The number of amides is 1. The molecule has 3 aromatic rings. The van der Waals surface area contributed by atoms with Gasteiger partial charge in [0.2, 0.25) is 0 Å². The van der Waals surface area contributed by atoms with E-state index in [1.807, 2.05) is 30.3 Å². The molecule has 1 amide bonds. The summed E-state index contributed by atoms with van der Waals surface area (Å²) in [7, 11) is 0. The van der Waals surface area contributed by atoms with E-state index < -0.39 is 27.1 Å². The number of carbonyl (C=O) groups excluding carboxylic acids is 1. The van der Waals surface area contributed by atoms with Crippen LogP contribution in [0.4, 0.5) is 11.4 Å². The Labute approximate surface area is 157 Å². The fourth-order valence-corrected chi connectivity index (χ4v) is 2.46. The van der Waals surface area contributed by atoms with Gasteiger partial charge in [-0.15, -0.1) is 0 Å². The summed E-state index contributed by atoms with van der Waals surface area (Å²) in [4.78, 5) is 36.8. The van der Waals surface area contributed by atoms with Gasteiger partial charge in [-0.05, 0) is 0 Å². The third-order valence-electron chi connectivity index (χ3n) is 3.80. The number of nitro groups is 2. The van der Waals surface area contributed by atoms with Crippen LogP contribution >= 0.6 is 0 Å². The number of benzene rings is 2. The van der Waals surface area contributed by atoms with Crippen LogP contribution in [0.1, 0.15) is 16.2 Å². The second-order valence-corrected chi connectivity index (χ2v) is 5.73. The van der Waals surface area contributed by atoms with Crippen LogP contribution in [0.25, 0.3) is 11.4 Å². The van der Waals surface area contributed by atoms with Gasteiger partial charge in [0.15, 0.2) is 5.82 Å². The number of rotatable bonds is 7. The number of carbonyl (C=O) groups is 1. The van der Waals surface area contributed by atoms with Crippen molar-refractivity contribution in [3.8, 4) is 11.4 Å². The van der Waals surface area contributed by atoms with E-state index in [-0.39, 0.29) is 12.1 Å². The van der Waals surface area contributed by atoms with E-state index in [4.69, 9.17) is 0 Å². The van der Waals surface area contributed by atoms with Gasteiger partial charge in [-0.1, -0.05) is 30.3 Å². The van der Waals surface area contributed by atoms with E-state index in [1.54, 1.807) is 0 Å². The number of nitrogens with one attached hydrogen (secondary N) is 2. The third kappa shape index (κ3) is 4.33. The first-order valence-electron chi connectivity index (χ1n) is 8.13. The van der Waals surface area contributed by atoms with E-state index in [1.165, 1.54) is 0 Å². The van der Waals surface area contributed by atoms with Crippen molar-refractivity contribution in [2.75, 3.05) is 6.54 Å². The van der Waals surface area contributed by atoms with Crippen molar-refractivity contribution in [1.29, 1.82) is 0 Å². The van der Waals surface area contributed by atoms with Gasteiger partial charge in [0, 0.05) is 30.7 Å². The largest absolute Gasteiger partial charge is 0.352 e. The highest BCUT2D eigenvalue weighted by atomic mass is 16.6. The van der Waals surface area contributed by atoms with Gasteiger partial charge in [-0.25, -0.2) is 4.98 Å². The van der Waals surface area contributed by atoms with Gasteiger partial charge < -0.3 is 5.32 Å². The predicted molar refractivity (Wildman–Crippen MR) is 97.6 cm³/mol. The lowest BCUT2D eigenvalue weighted by molar-refractivity contribution is -0.394. The van der Waals surface area contributed by atoms with Gasteiger partial charge in [0.25, 0.3) is 17.3 Å². The molecule has 28 heavy (non-hydrogen) atoms. The lowest BCUT2D eigenvalue weighted by atomic mass is 10.1. The number of hydrogen-bond donors (Lipinski definition) is 2. The molecule has 0 aliphatic rings. The maximum atomic E-state index is 12.2. The Balaban J connectivity index is 1.64. The van der Waals surface area contributed by atoms with E-state index in [0.717, 1.165) is 23.8 Å². The molecule has 1 aromatic heterocycles. The van der Waals surface area contributed by atoms with Crippen LogP contribution in [0, 0.1) is 20.2 Å². The number of H-pyrrole nitrogens is 1. The van der Waals surface area contributed by atoms with Crippen molar-refractivity contribution < 1.29 is 14.6 Å². The highest BCUT2D eigenvalue weighted by molar-refractivity contribution is 5.95. The van der Waals surface area contributed by atoms with Crippen LogP contribution in [-0.4, -0.2) is 37.5 Å². The fraction of sp³-hybridized carbons (Fsp3) is 0.118. The second kappa shape index (κ2) is 8.03. The van der Waals surface area contributed by atoms with Crippen LogP contribution in [0.3, 0.4) is 0 Å². The Kier molecular flexibility index (Phi) is 5.35. The number of nitrogens with zero attached hydrogens (tertiary/aromatic N) is 4. The summed E-state index contributed by atoms with van der Waals surface area (Å²) in [6.07, 6.45) is 0.336. The van der Waals surface area contributed by atoms with Crippen molar-refractivity contribution >= 4 is 17.3 Å². The molecule has 0 atom stereocenters. The number of aromatic amines is 1. The lowest BCUT2D eigenvalue weighted by Crippen LogP contribution is -2.26. The summed E-state index contributed by atoms with van der Waals surface area (Å²) >= 11 is 0. The quantitative estimate of drug-likeness (QED) is 0.468. The summed E-state index contributed by atoms with van der Waals surface area (Å²) < 4.78 is 0. The minimum Gasteiger partial charge on any atom is -0.352 e. The molecule has 0 saturated heterocycles. The van der Waals surface area contributed by atoms with Crippen molar-refractivity contribution in [2.45, 2.75) is 6.42 Å². The molecule has 1 heterocycles. The van der Waals surface area contributed by atoms with Crippen LogP contribution in [-0.2, 0) is 6.42 Å². The Morgan fingerprint density at radius 1 is 1.04 bits per heavy atom. The molecule has 0 unspecified atom stereocenters. The molecule has 2 aromatic carbocycles. The zero-order chi connectivity index (χ0) is 20.1. The van der Waals surface area contributed by atoms with E-state index in [0.29, 0.717) is 18.1 Å². The molecule has 11 nitrogen and oxygen atoms in total. The first-order chi connectivity index (χ1) is 13.4. The van der Waals surface area contributed by atoms with Crippen molar-refractivity contribution in [2.24, 2.45) is 0 Å². The van der Waals surface area contributed by atoms with E-state index >= 15 is 0 Å². The third-order valence-corrected chi connectivity index (χ3v) is 3.80. The Morgan fingerprint density at radius 3 is 2.29 bits per heavy atom. The topological polar surface area (TPSA) is 157 Å². The second-order valence-electron chi connectivity index (χ2n) is 5.73. The highest BCUT2D eigenvalue weighted by Crippen LogP contribution is 2.22. The monoisotopic (exact) mass is 382 g/mol. The first-order valence-corrected chi connectivity index (χ1v) is 8.13. The minimum atomic E-state index is -0.788. The average molecular weight is 382 g/mol. The molecule has 2 N–H and O–H groups in total. The van der Waals surface area contributed by atoms with E-state index in [2.05, 4.69) is 20.5 Å². The minimum absolute atomic E-state index is 0.163. The molecular weight excluding hydrogens is 368 g/mol. The Hall–Kier alpha value is -4.15. The van der Waals surface area contributed by atoms with Gasteiger partial charge in [-0.3, -0.25) is 30.1 Å². The standard InChI is InChI=1S/C17H14N6O5/c24-17(12-8-13(22(25)26)10-14(9-12)23(27)28)18-7-6-15-19-16(21-20-15)11-4-2-1-3-5-11/h1-5,8-10H,6-7H2,(H,18,24)(H,19,20,21). The lowest BCUT2D eigenvalue weighted by Gasteiger charge is -2.04. The first kappa shape index (κ1) is 18.6. The van der Waals surface area contributed by atoms with E-state index in [9.17, 15) is 25.0 Å². The van der Waals surface area contributed by atoms with Crippen molar-refractivity contribution in [3.05, 3.63) is 80.1 Å². The maximum Gasteiger partial charge on any atom is 0.277 e. The molecular formula is C17H14N6O5. The molecule has 0 saturated carbocycles. The highest BCUT2D eigenvalue weighted by Gasteiger charge is 2.19. The van der Waals surface area contributed by atoms with Gasteiger partial charge in [0.05, 0.1) is 21.5 Å². The van der Waals surface area contributed by atoms with Crippen LogP contribution in [0.2, 0.25) is 0 Å². The molecule has 0 spiro atoms. The zero-order valence-electron chi connectivity index (χ0n) is 14.4. The summed E-state index contributed by atoms with van der Waals surface area (Å²) in [5.41, 5.74) is -0.370. The smallest absolute Gasteiger partial charge is 0.277 e. The average Bonchev–Trinajstić information content (AvgIpc) is 3.17. The molecule has 3 rings (SSSR count). The number of nitro benzene ring substituents is 2. The van der Waals surface area contributed by atoms with Crippen LogP contribution in [0.5, 0.6) is 0 Å². The molecule has 0 radical (unpaired) electrons. The Bertz CT molecular complexity index is 1000. The zero-order valence-corrected chi connectivity index (χ0v) is 14.4. The molecule has 0 aliphatic carbocycles. The SMILES string of the molecule is O=C(NCCc1nc(-c2ccccc2)n[nH]1)c1cc([N+](=O)[O-])cc([N+](=O)[O-])c1. The van der Waals surface area contributed by atoms with Gasteiger partial charge >= 0.3 is 0 Å². The Morgan fingerprint density at radius 2 is 1.68 bits per heavy atom. The molecule has 0 aliphatic heterocycles. The summed E-state index contributed by atoms with van der Waals surface area (Å²) in [5.74, 6) is 0.412. The number of hydrogen-bond acceptors (Lipinski definition) is 7. The van der Waals surface area contributed by atoms with Gasteiger partial charge in [0.1, 0.15) is 5.82 Å². The van der Waals surface area contributed by atoms with Crippen LogP contribution in [0.15, 0.2) is 48.5 Å². The molecule has 11 heteroatoms. The normalized spacial score (nSPS) is 10.4. The molecule has 0 fully saturated rings. The predicted octanol–water partition coefficient (Wildman–Crippen LogP) is 2.26. The number of non-ortho nitro benzene ring substituents is 2. The maximum absolute atomic E-state index is 12.2. The number of aromatic nitrogens is 3. The van der Waals surface area contributed by atoms with Crippen molar-refractivity contribution in [1.82, 2.24) is 20.5 Å².